The number of piperazine rings is 1. The van der Waals surface area contributed by atoms with Gasteiger partial charge in [-0.15, -0.1) is 0 Å². The first-order valence-electron chi connectivity index (χ1n) is 13.4. The number of benzene rings is 3. The quantitative estimate of drug-likeness (QED) is 0.366. The lowest BCUT2D eigenvalue weighted by Gasteiger charge is -2.37. The monoisotopic (exact) mass is 545 g/mol. The minimum absolute atomic E-state index is 0.0668. The number of hydrogen-bond donors (Lipinski definition) is 1. The summed E-state index contributed by atoms with van der Waals surface area (Å²) < 4.78 is 31.6. The molecule has 4 aromatic rings. The molecule has 0 amide bonds. The Labute approximate surface area is 231 Å². The van der Waals surface area contributed by atoms with Gasteiger partial charge in [-0.25, -0.2) is 13.6 Å². The Balaban J connectivity index is 1.51. The number of anilines is 1. The van der Waals surface area contributed by atoms with Crippen molar-refractivity contribution in [3.63, 3.8) is 0 Å². The van der Waals surface area contributed by atoms with E-state index in [1.807, 2.05) is 53.4 Å². The molecule has 2 N–H and O–H groups in total. The summed E-state index contributed by atoms with van der Waals surface area (Å²) >= 11 is 0. The number of nitrogens with zero attached hydrogens (tertiary/aromatic N) is 4. The van der Waals surface area contributed by atoms with Crippen LogP contribution in [0.15, 0.2) is 88.5 Å². The highest BCUT2D eigenvalue weighted by molar-refractivity contribution is 5.50. The van der Waals surface area contributed by atoms with Crippen molar-refractivity contribution >= 4 is 5.69 Å². The smallest absolute Gasteiger partial charge is 0.331 e. The SMILES string of the molecule is Cc1c(N2CCN(Cc3ccccc3)CC2)c(=O)n(C[C@H](N)c2ccccc2)c(=O)n1Cc1c(F)cccc1F. The van der Waals surface area contributed by atoms with E-state index < -0.39 is 28.9 Å². The average Bonchev–Trinajstić information content (AvgIpc) is 2.96. The van der Waals surface area contributed by atoms with E-state index in [0.717, 1.165) is 41.9 Å². The largest absolute Gasteiger partial charge is 0.363 e. The van der Waals surface area contributed by atoms with Gasteiger partial charge in [0.25, 0.3) is 5.56 Å². The Morgan fingerprint density at radius 2 is 1.38 bits per heavy atom. The van der Waals surface area contributed by atoms with Gasteiger partial charge < -0.3 is 10.6 Å². The predicted molar refractivity (Wildman–Crippen MR) is 152 cm³/mol. The van der Waals surface area contributed by atoms with Gasteiger partial charge in [0.15, 0.2) is 0 Å². The summed E-state index contributed by atoms with van der Waals surface area (Å²) in [6.07, 6.45) is 0. The fraction of sp³-hybridized carbons (Fsp3) is 0.290. The van der Waals surface area contributed by atoms with Crippen LogP contribution in [0.2, 0.25) is 0 Å². The molecule has 5 rings (SSSR count). The molecule has 1 aliphatic rings. The molecule has 0 saturated carbocycles. The first-order chi connectivity index (χ1) is 19.3. The van der Waals surface area contributed by atoms with Crippen LogP contribution >= 0.6 is 0 Å². The molecule has 7 nitrogen and oxygen atoms in total. The van der Waals surface area contributed by atoms with E-state index in [2.05, 4.69) is 17.0 Å². The number of rotatable bonds is 8. The number of hydrogen-bond acceptors (Lipinski definition) is 5. The van der Waals surface area contributed by atoms with Crippen molar-refractivity contribution in [2.75, 3.05) is 31.1 Å². The summed E-state index contributed by atoms with van der Waals surface area (Å²) in [6.45, 7) is 4.63. The molecule has 0 bridgehead atoms. The van der Waals surface area contributed by atoms with E-state index in [1.165, 1.54) is 16.2 Å². The molecule has 208 valence electrons. The fourth-order valence-electron chi connectivity index (χ4n) is 5.31. The van der Waals surface area contributed by atoms with E-state index in [4.69, 9.17) is 5.73 Å². The molecule has 1 aliphatic heterocycles. The molecule has 40 heavy (non-hydrogen) atoms. The number of aromatic nitrogens is 2. The third-order valence-corrected chi connectivity index (χ3v) is 7.58. The minimum Gasteiger partial charge on any atom is -0.363 e. The molecule has 1 fully saturated rings. The van der Waals surface area contributed by atoms with Gasteiger partial charge in [0.2, 0.25) is 0 Å². The molecule has 1 aromatic heterocycles. The summed E-state index contributed by atoms with van der Waals surface area (Å²) in [5, 5.41) is 0. The molecule has 0 unspecified atom stereocenters. The fourth-order valence-corrected chi connectivity index (χ4v) is 5.31. The minimum atomic E-state index is -0.749. The average molecular weight is 546 g/mol. The first kappa shape index (κ1) is 27.5. The van der Waals surface area contributed by atoms with Crippen molar-refractivity contribution in [1.29, 1.82) is 0 Å². The second kappa shape index (κ2) is 12.0. The summed E-state index contributed by atoms with van der Waals surface area (Å²) in [4.78, 5) is 31.9. The van der Waals surface area contributed by atoms with Gasteiger partial charge in [-0.05, 0) is 30.2 Å². The maximum absolute atomic E-state index is 14.6. The molecule has 2 heterocycles. The topological polar surface area (TPSA) is 76.5 Å². The van der Waals surface area contributed by atoms with Crippen molar-refractivity contribution < 1.29 is 8.78 Å². The van der Waals surface area contributed by atoms with Gasteiger partial charge >= 0.3 is 5.69 Å². The summed E-state index contributed by atoms with van der Waals surface area (Å²) in [7, 11) is 0. The lowest BCUT2D eigenvalue weighted by molar-refractivity contribution is 0.249. The Hall–Kier alpha value is -4.08. The van der Waals surface area contributed by atoms with Crippen LogP contribution in [0.5, 0.6) is 0 Å². The second-order valence-corrected chi connectivity index (χ2v) is 10.2. The Bertz CT molecular complexity index is 1560. The van der Waals surface area contributed by atoms with Gasteiger partial charge in [0.05, 0.1) is 13.1 Å². The van der Waals surface area contributed by atoms with Crippen molar-refractivity contribution in [3.05, 3.63) is 134 Å². The summed E-state index contributed by atoms with van der Waals surface area (Å²) in [6, 6.07) is 22.4. The van der Waals surface area contributed by atoms with Crippen LogP contribution in [-0.4, -0.2) is 40.2 Å². The highest BCUT2D eigenvalue weighted by atomic mass is 19.1. The summed E-state index contributed by atoms with van der Waals surface area (Å²) in [5.74, 6) is -1.50. The normalized spacial score (nSPS) is 14.8. The molecule has 0 radical (unpaired) electrons. The third kappa shape index (κ3) is 5.76. The molecule has 1 atom stereocenters. The van der Waals surface area contributed by atoms with Crippen LogP contribution in [0.3, 0.4) is 0 Å². The summed E-state index contributed by atoms with van der Waals surface area (Å²) in [5.41, 5.74) is 7.81. The number of nitrogens with two attached hydrogens (primary N) is 1. The van der Waals surface area contributed by atoms with Gasteiger partial charge in [0.1, 0.15) is 17.3 Å². The first-order valence-corrected chi connectivity index (χ1v) is 13.4. The van der Waals surface area contributed by atoms with E-state index in [9.17, 15) is 18.4 Å². The molecule has 1 saturated heterocycles. The number of halogens is 2. The van der Waals surface area contributed by atoms with Gasteiger partial charge in [-0.2, -0.15) is 0 Å². The Kier molecular flexibility index (Phi) is 8.23. The van der Waals surface area contributed by atoms with E-state index >= 15 is 0 Å². The molecular formula is C31H33F2N5O2. The molecule has 3 aromatic carbocycles. The zero-order valence-corrected chi connectivity index (χ0v) is 22.5. The second-order valence-electron chi connectivity index (χ2n) is 10.2. The van der Waals surface area contributed by atoms with E-state index in [1.54, 1.807) is 6.92 Å². The maximum Gasteiger partial charge on any atom is 0.331 e. The van der Waals surface area contributed by atoms with Crippen LogP contribution in [0, 0.1) is 18.6 Å². The maximum atomic E-state index is 14.6. The van der Waals surface area contributed by atoms with Crippen LogP contribution in [0.1, 0.15) is 28.4 Å². The van der Waals surface area contributed by atoms with E-state index in [0.29, 0.717) is 24.5 Å². The standard InChI is InChI=1S/C31H33F2N5O2/c1-22-29(36-17-15-35(16-18-36)19-23-9-4-2-5-10-23)30(39)38(21-28(34)24-11-6-3-7-12-24)31(40)37(22)20-25-26(32)13-8-14-27(25)33/h2-14,28H,15-21,34H2,1H3/t28-/m0/s1. The van der Waals surface area contributed by atoms with Crippen molar-refractivity contribution in [2.24, 2.45) is 5.73 Å². The Morgan fingerprint density at radius 3 is 2.00 bits per heavy atom. The van der Waals surface area contributed by atoms with Crippen LogP contribution in [0.25, 0.3) is 0 Å². The molecule has 0 spiro atoms. The molecule has 9 heteroatoms. The third-order valence-electron chi connectivity index (χ3n) is 7.58. The molecular weight excluding hydrogens is 512 g/mol. The van der Waals surface area contributed by atoms with Crippen LogP contribution < -0.4 is 21.9 Å². The lowest BCUT2D eigenvalue weighted by Crippen LogP contribution is -2.51. The van der Waals surface area contributed by atoms with E-state index in [-0.39, 0.29) is 18.7 Å². The van der Waals surface area contributed by atoms with Crippen molar-refractivity contribution in [2.45, 2.75) is 32.6 Å². The van der Waals surface area contributed by atoms with Crippen molar-refractivity contribution in [1.82, 2.24) is 14.0 Å². The van der Waals surface area contributed by atoms with Gasteiger partial charge in [-0.3, -0.25) is 18.8 Å². The highest BCUT2D eigenvalue weighted by Gasteiger charge is 2.26. The van der Waals surface area contributed by atoms with Crippen LogP contribution in [-0.2, 0) is 19.6 Å². The lowest BCUT2D eigenvalue weighted by atomic mass is 10.1. The van der Waals surface area contributed by atoms with Crippen molar-refractivity contribution in [3.8, 4) is 0 Å². The zero-order chi connectivity index (χ0) is 28.2. The highest BCUT2D eigenvalue weighted by Crippen LogP contribution is 2.21. The molecule has 0 aliphatic carbocycles. The Morgan fingerprint density at radius 1 is 0.775 bits per heavy atom. The van der Waals surface area contributed by atoms with Crippen LogP contribution in [0.4, 0.5) is 14.5 Å². The van der Waals surface area contributed by atoms with Gasteiger partial charge in [0, 0.05) is 50.0 Å². The van der Waals surface area contributed by atoms with Gasteiger partial charge in [-0.1, -0.05) is 66.7 Å². The predicted octanol–water partition coefficient (Wildman–Crippen LogP) is 3.67. The zero-order valence-electron chi connectivity index (χ0n) is 22.5.